The van der Waals surface area contributed by atoms with Crippen LogP contribution in [0.25, 0.3) is 0 Å². The minimum Gasteiger partial charge on any atom is -0.481 e. The summed E-state index contributed by atoms with van der Waals surface area (Å²) >= 11 is 13.2. The Hall–Kier alpha value is -2.62. The average molecular weight is 828 g/mol. The molecule has 16 heteroatoms. The maximum Gasteiger partial charge on any atom is 0.306 e. The molecular weight excluding hydrogens is 775 g/mol. The summed E-state index contributed by atoms with van der Waals surface area (Å²) in [5.41, 5.74) is 1.67. The van der Waals surface area contributed by atoms with E-state index in [1.165, 1.54) is 37.8 Å². The van der Waals surface area contributed by atoms with Gasteiger partial charge in [0.1, 0.15) is 0 Å². The number of rotatable bonds is 15. The number of carbonyl (C=O) groups is 2. The van der Waals surface area contributed by atoms with E-state index in [0.29, 0.717) is 60.4 Å². The van der Waals surface area contributed by atoms with Crippen molar-refractivity contribution < 1.29 is 36.6 Å². The molecule has 2 saturated heterocycles. The highest BCUT2D eigenvalue weighted by molar-refractivity contribution is 7.89. The molecule has 2 aliphatic carbocycles. The van der Waals surface area contributed by atoms with E-state index >= 15 is 0 Å². The minimum atomic E-state index is -3.81. The van der Waals surface area contributed by atoms with Gasteiger partial charge in [-0.25, -0.2) is 26.3 Å². The highest BCUT2D eigenvalue weighted by Crippen LogP contribution is 2.36. The number of nitrogens with zero attached hydrogens (tertiary/aromatic N) is 2. The summed E-state index contributed by atoms with van der Waals surface area (Å²) in [4.78, 5) is 27.2. The molecule has 2 aromatic rings. The second-order valence-corrected chi connectivity index (χ2v) is 19.9. The first-order chi connectivity index (χ1) is 25.7. The second kappa shape index (κ2) is 17.7. The molecule has 4 unspecified atom stereocenters. The molecule has 4 N–H and O–H groups in total. The lowest BCUT2D eigenvalue weighted by Crippen LogP contribution is -2.35. The van der Waals surface area contributed by atoms with E-state index < -0.39 is 55.9 Å². The Labute approximate surface area is 329 Å². The highest BCUT2D eigenvalue weighted by atomic mass is 35.5. The number of nitrogens with one attached hydrogen (secondary N) is 2. The van der Waals surface area contributed by atoms with E-state index in [4.69, 9.17) is 23.2 Å². The molecule has 4 atom stereocenters. The SMILES string of the molecule is O=C(O)C1CCC(NS(=O)(=O)c2ccc(N3CCC(CCCCC4CCN(c5ccc(S(=O)(=O)NC6CCC(C(=O)O)C6)cc5Cl)CC4)CC3)c(Cl)c2)C1. The third-order valence-electron chi connectivity index (χ3n) is 12.1. The van der Waals surface area contributed by atoms with Gasteiger partial charge in [-0.3, -0.25) is 9.59 Å². The van der Waals surface area contributed by atoms with Crippen molar-refractivity contribution in [2.24, 2.45) is 23.7 Å². The van der Waals surface area contributed by atoms with E-state index in [0.717, 1.165) is 63.2 Å². The van der Waals surface area contributed by atoms with Crippen molar-refractivity contribution in [3.8, 4) is 0 Å². The first kappa shape index (κ1) is 41.0. The number of anilines is 2. The molecule has 298 valence electrons. The van der Waals surface area contributed by atoms with E-state index in [1.807, 2.05) is 0 Å². The Kier molecular flexibility index (Phi) is 13.4. The predicted octanol–water partition coefficient (Wildman–Crippen LogP) is 6.75. The van der Waals surface area contributed by atoms with Crippen molar-refractivity contribution in [1.29, 1.82) is 0 Å². The first-order valence-corrected chi connectivity index (χ1v) is 23.0. The molecule has 12 nitrogen and oxygen atoms in total. The van der Waals surface area contributed by atoms with Gasteiger partial charge < -0.3 is 20.0 Å². The monoisotopic (exact) mass is 826 g/mol. The van der Waals surface area contributed by atoms with E-state index in [9.17, 15) is 36.6 Å². The fraction of sp³-hybridized carbons (Fsp3) is 0.632. The molecule has 4 aliphatic rings. The van der Waals surface area contributed by atoms with Gasteiger partial charge in [-0.05, 0) is 112 Å². The van der Waals surface area contributed by atoms with Crippen LogP contribution < -0.4 is 19.2 Å². The van der Waals surface area contributed by atoms with Crippen molar-refractivity contribution in [3.05, 3.63) is 46.4 Å². The Morgan fingerprint density at radius 1 is 0.611 bits per heavy atom. The van der Waals surface area contributed by atoms with Crippen molar-refractivity contribution >= 4 is 66.6 Å². The van der Waals surface area contributed by atoms with Crippen molar-refractivity contribution in [1.82, 2.24) is 9.44 Å². The van der Waals surface area contributed by atoms with E-state index in [-0.39, 0.29) is 9.79 Å². The maximum absolute atomic E-state index is 13.0. The Morgan fingerprint density at radius 3 is 1.30 bits per heavy atom. The zero-order valence-corrected chi connectivity index (χ0v) is 33.6. The molecule has 54 heavy (non-hydrogen) atoms. The summed E-state index contributed by atoms with van der Waals surface area (Å²) in [5.74, 6) is -1.51. The maximum atomic E-state index is 13.0. The molecule has 0 aromatic heterocycles. The largest absolute Gasteiger partial charge is 0.481 e. The second-order valence-electron chi connectivity index (χ2n) is 15.7. The van der Waals surface area contributed by atoms with Gasteiger partial charge in [-0.1, -0.05) is 48.9 Å². The van der Waals surface area contributed by atoms with Crippen molar-refractivity contribution in [2.75, 3.05) is 36.0 Å². The summed E-state index contributed by atoms with van der Waals surface area (Å²) in [5, 5.41) is 19.3. The van der Waals surface area contributed by atoms with Crippen LogP contribution in [0.4, 0.5) is 11.4 Å². The predicted molar refractivity (Wildman–Crippen MR) is 209 cm³/mol. The molecule has 0 amide bonds. The van der Waals surface area contributed by atoms with Crippen LogP contribution in [0.5, 0.6) is 0 Å². The number of halogens is 2. The molecule has 2 heterocycles. The van der Waals surface area contributed by atoms with Gasteiger partial charge >= 0.3 is 11.9 Å². The average Bonchev–Trinajstić information content (AvgIpc) is 3.80. The van der Waals surface area contributed by atoms with E-state index in [2.05, 4.69) is 19.2 Å². The number of piperidine rings is 2. The number of sulfonamides is 2. The summed E-state index contributed by atoms with van der Waals surface area (Å²) in [6.45, 7) is 3.47. The minimum absolute atomic E-state index is 0.0920. The summed E-state index contributed by atoms with van der Waals surface area (Å²) in [6, 6.07) is 8.92. The fourth-order valence-corrected chi connectivity index (χ4v) is 12.2. The number of aliphatic carboxylic acids is 2. The quantitative estimate of drug-likeness (QED) is 0.141. The zero-order valence-electron chi connectivity index (χ0n) is 30.5. The van der Waals surface area contributed by atoms with Crippen LogP contribution in [0.3, 0.4) is 0 Å². The van der Waals surface area contributed by atoms with Gasteiger partial charge in [-0.2, -0.15) is 0 Å². The van der Waals surface area contributed by atoms with Crippen molar-refractivity contribution in [2.45, 2.75) is 112 Å². The highest BCUT2D eigenvalue weighted by Gasteiger charge is 2.34. The van der Waals surface area contributed by atoms with E-state index in [1.54, 1.807) is 24.3 Å². The lowest BCUT2D eigenvalue weighted by Gasteiger charge is -2.35. The molecule has 4 fully saturated rings. The van der Waals surface area contributed by atoms with Gasteiger partial charge in [0.15, 0.2) is 0 Å². The number of unbranched alkanes of at least 4 members (excludes halogenated alkanes) is 1. The molecule has 0 bridgehead atoms. The van der Waals surface area contributed by atoms with Crippen LogP contribution in [0.2, 0.25) is 10.0 Å². The number of benzene rings is 2. The third-order valence-corrected chi connectivity index (χ3v) is 15.7. The van der Waals surface area contributed by atoms with Gasteiger partial charge in [0.25, 0.3) is 0 Å². The molecule has 0 spiro atoms. The van der Waals surface area contributed by atoms with Gasteiger partial charge in [0.2, 0.25) is 20.0 Å². The Bertz CT molecular complexity index is 1750. The number of carboxylic acids is 2. The lowest BCUT2D eigenvalue weighted by atomic mass is 9.88. The normalized spacial score (nSPS) is 24.6. The fourth-order valence-electron chi connectivity index (χ4n) is 8.81. The molecule has 2 aliphatic heterocycles. The number of hydrogen-bond donors (Lipinski definition) is 4. The third kappa shape index (κ3) is 10.2. The Morgan fingerprint density at radius 2 is 0.981 bits per heavy atom. The van der Waals surface area contributed by atoms with Gasteiger partial charge in [0.05, 0.1) is 43.0 Å². The molecular formula is C38H52Cl2N4O8S2. The van der Waals surface area contributed by atoms with Crippen LogP contribution in [-0.4, -0.2) is 77.2 Å². The topological polar surface area (TPSA) is 173 Å². The van der Waals surface area contributed by atoms with Gasteiger partial charge in [-0.15, -0.1) is 0 Å². The summed E-state index contributed by atoms with van der Waals surface area (Å²) in [7, 11) is -7.62. The smallest absolute Gasteiger partial charge is 0.306 e. The number of carboxylic acid groups (broad SMARTS) is 2. The van der Waals surface area contributed by atoms with Crippen LogP contribution in [0, 0.1) is 23.7 Å². The first-order valence-electron chi connectivity index (χ1n) is 19.3. The number of hydrogen-bond acceptors (Lipinski definition) is 8. The zero-order chi connectivity index (χ0) is 38.6. The van der Waals surface area contributed by atoms with Crippen LogP contribution in [-0.2, 0) is 29.6 Å². The molecule has 2 aromatic carbocycles. The Balaban J connectivity index is 0.883. The molecule has 0 radical (unpaired) electrons. The molecule has 2 saturated carbocycles. The van der Waals surface area contributed by atoms with Crippen LogP contribution in [0.15, 0.2) is 46.2 Å². The van der Waals surface area contributed by atoms with Crippen LogP contribution in [0.1, 0.15) is 89.9 Å². The standard InChI is InChI=1S/C38H52Cl2N4O8S2/c39-33-23-31(53(49,50)41-29-7-5-27(21-29)37(45)46)9-11-35(33)43-17-13-25(14-18-43)3-1-2-4-26-15-19-44(20-16-26)36-12-10-32(24-34(36)40)54(51,52)42-30-8-6-28(22-30)38(47)48/h9-12,23-30,41-42H,1-8,13-22H2,(H,45,46)(H,47,48). The summed E-state index contributed by atoms with van der Waals surface area (Å²) in [6.07, 6.45) is 11.5. The molecule has 6 rings (SSSR count). The van der Waals surface area contributed by atoms with Crippen LogP contribution >= 0.6 is 23.2 Å². The lowest BCUT2D eigenvalue weighted by molar-refractivity contribution is -0.142. The van der Waals surface area contributed by atoms with Crippen molar-refractivity contribution in [3.63, 3.8) is 0 Å². The summed E-state index contributed by atoms with van der Waals surface area (Å²) < 4.78 is 57.3. The van der Waals surface area contributed by atoms with Gasteiger partial charge in [0, 0.05) is 38.3 Å².